The second-order valence-electron chi connectivity index (χ2n) is 7.04. The smallest absolute Gasteiger partial charge is 0.269 e. The molecule has 4 aliphatic carbocycles. The lowest BCUT2D eigenvalue weighted by Crippen LogP contribution is -2.45. The van der Waals surface area contributed by atoms with Crippen molar-refractivity contribution >= 4 is 10.1 Å². The van der Waals surface area contributed by atoms with Gasteiger partial charge in [-0.05, 0) is 74.5 Å². The molecule has 19 heavy (non-hydrogen) atoms. The lowest BCUT2D eigenvalue weighted by atomic mass is 9.51. The van der Waals surface area contributed by atoms with Gasteiger partial charge in [0.15, 0.2) is 0 Å². The molecule has 4 nitrogen and oxygen atoms in total. The molecule has 0 spiro atoms. The quantitative estimate of drug-likeness (QED) is 0.758. The summed E-state index contributed by atoms with van der Waals surface area (Å²) < 4.78 is 31.6. The summed E-state index contributed by atoms with van der Waals surface area (Å²) in [7, 11) is -3.97. The molecule has 0 aromatic heterocycles. The van der Waals surface area contributed by atoms with E-state index in [1.807, 2.05) is 0 Å². The van der Waals surface area contributed by atoms with E-state index in [-0.39, 0.29) is 6.54 Å². The molecule has 4 fully saturated rings. The van der Waals surface area contributed by atoms with E-state index in [2.05, 4.69) is 0 Å². The molecule has 0 radical (unpaired) electrons. The van der Waals surface area contributed by atoms with Gasteiger partial charge in [0.25, 0.3) is 10.1 Å². The molecule has 1 atom stereocenters. The number of rotatable bonds is 5. The normalized spacial score (nSPS) is 42.5. The first-order valence-electron chi connectivity index (χ1n) is 7.63. The maximum Gasteiger partial charge on any atom is 0.269 e. The van der Waals surface area contributed by atoms with Crippen molar-refractivity contribution in [3.05, 3.63) is 0 Å². The largest absolute Gasteiger partial charge is 0.329 e. The van der Waals surface area contributed by atoms with E-state index >= 15 is 0 Å². The van der Waals surface area contributed by atoms with Crippen molar-refractivity contribution < 1.29 is 13.0 Å². The number of nitrogens with two attached hydrogens (primary N) is 1. The highest BCUT2D eigenvalue weighted by atomic mass is 32.2. The van der Waals surface area contributed by atoms with Crippen LogP contribution in [0.3, 0.4) is 0 Å². The Morgan fingerprint density at radius 3 is 2.00 bits per heavy atom. The van der Waals surface area contributed by atoms with Crippen molar-refractivity contribution in [2.75, 3.05) is 6.54 Å². The summed E-state index contributed by atoms with van der Waals surface area (Å²) in [6, 6.07) is 0. The molecule has 0 saturated heterocycles. The fourth-order valence-corrected chi connectivity index (χ4v) is 5.95. The van der Waals surface area contributed by atoms with Gasteiger partial charge in [-0.2, -0.15) is 8.42 Å². The number of hydrogen-bond donors (Lipinski definition) is 2. The second-order valence-corrected chi connectivity index (χ2v) is 8.74. The van der Waals surface area contributed by atoms with Gasteiger partial charge in [0.05, 0.1) is 5.25 Å². The second kappa shape index (κ2) is 5.01. The molecule has 0 aliphatic heterocycles. The molecular weight excluding hydrogens is 262 g/mol. The van der Waals surface area contributed by atoms with E-state index in [1.54, 1.807) is 0 Å². The van der Waals surface area contributed by atoms with Crippen molar-refractivity contribution in [3.63, 3.8) is 0 Å². The molecule has 4 rings (SSSR count). The zero-order valence-corrected chi connectivity index (χ0v) is 12.2. The summed E-state index contributed by atoms with van der Waals surface area (Å²) >= 11 is 0. The minimum atomic E-state index is -3.97. The first-order valence-corrected chi connectivity index (χ1v) is 9.14. The zero-order chi connectivity index (χ0) is 13.6. The first kappa shape index (κ1) is 13.8. The van der Waals surface area contributed by atoms with Crippen LogP contribution in [0.1, 0.15) is 44.9 Å². The molecule has 5 heteroatoms. The van der Waals surface area contributed by atoms with E-state index in [0.29, 0.717) is 12.3 Å². The van der Waals surface area contributed by atoms with E-state index in [4.69, 9.17) is 10.3 Å². The van der Waals surface area contributed by atoms with Crippen LogP contribution >= 0.6 is 0 Å². The van der Waals surface area contributed by atoms with Crippen LogP contribution in [0.25, 0.3) is 0 Å². The van der Waals surface area contributed by atoms with E-state index in [1.165, 1.54) is 32.1 Å². The fourth-order valence-electron chi connectivity index (χ4n) is 5.28. The third kappa shape index (κ3) is 2.69. The van der Waals surface area contributed by atoms with Gasteiger partial charge in [-0.25, -0.2) is 0 Å². The van der Waals surface area contributed by atoms with Gasteiger partial charge < -0.3 is 5.73 Å². The van der Waals surface area contributed by atoms with E-state index in [9.17, 15) is 8.42 Å². The Hall–Kier alpha value is -0.130. The summed E-state index contributed by atoms with van der Waals surface area (Å²) in [6.45, 7) is 0.0339. The highest BCUT2D eigenvalue weighted by Crippen LogP contribution is 2.57. The van der Waals surface area contributed by atoms with Crippen molar-refractivity contribution in [1.82, 2.24) is 0 Å². The summed E-state index contributed by atoms with van der Waals surface area (Å²) in [4.78, 5) is 0. The predicted octanol–water partition coefficient (Wildman–Crippen LogP) is 2.05. The summed E-state index contributed by atoms with van der Waals surface area (Å²) in [5.74, 6) is 4.21. The van der Waals surface area contributed by atoms with Gasteiger partial charge in [-0.3, -0.25) is 4.55 Å². The third-order valence-electron chi connectivity index (χ3n) is 5.93. The van der Waals surface area contributed by atoms with Gasteiger partial charge in [-0.15, -0.1) is 0 Å². The Morgan fingerprint density at radius 1 is 1.05 bits per heavy atom. The monoisotopic (exact) mass is 287 g/mol. The maximum absolute atomic E-state index is 11.2. The topological polar surface area (TPSA) is 80.4 Å². The molecule has 1 unspecified atom stereocenters. The molecule has 0 aromatic rings. The van der Waals surface area contributed by atoms with Crippen molar-refractivity contribution in [3.8, 4) is 0 Å². The van der Waals surface area contributed by atoms with Gasteiger partial charge in [0.1, 0.15) is 0 Å². The van der Waals surface area contributed by atoms with E-state index < -0.39 is 15.4 Å². The molecule has 0 heterocycles. The Labute approximate surface area is 115 Å². The Bertz CT molecular complexity index is 406. The maximum atomic E-state index is 11.2. The predicted molar refractivity (Wildman–Crippen MR) is 74.2 cm³/mol. The Kier molecular flexibility index (Phi) is 3.65. The van der Waals surface area contributed by atoms with E-state index in [0.717, 1.165) is 30.1 Å². The molecular formula is C14H25NO3S. The standard InChI is InChI=1S/C14H25NO3S/c15-8-13(19(16,17)18)1-2-14-11-4-9-3-10(6-11)7-12(14)5-9/h9-14H,1-8,15H2,(H,16,17,18). The molecule has 4 bridgehead atoms. The lowest BCUT2D eigenvalue weighted by Gasteiger charge is -2.54. The lowest BCUT2D eigenvalue weighted by molar-refractivity contribution is -0.0403. The molecule has 4 aliphatic rings. The van der Waals surface area contributed by atoms with Crippen molar-refractivity contribution in [2.24, 2.45) is 35.3 Å². The minimum Gasteiger partial charge on any atom is -0.329 e. The first-order chi connectivity index (χ1) is 8.97. The van der Waals surface area contributed by atoms with Crippen molar-refractivity contribution in [1.29, 1.82) is 0 Å². The minimum absolute atomic E-state index is 0.0339. The van der Waals surface area contributed by atoms with Gasteiger partial charge in [0, 0.05) is 6.54 Å². The number of hydrogen-bond acceptors (Lipinski definition) is 3. The molecule has 4 saturated carbocycles. The third-order valence-corrected chi connectivity index (χ3v) is 7.20. The molecule has 0 aromatic carbocycles. The van der Waals surface area contributed by atoms with Crippen LogP contribution in [0.15, 0.2) is 0 Å². The Balaban J connectivity index is 1.61. The van der Waals surface area contributed by atoms with Crippen LogP contribution in [-0.4, -0.2) is 24.8 Å². The highest BCUT2D eigenvalue weighted by Gasteiger charge is 2.47. The van der Waals surface area contributed by atoms with Gasteiger partial charge in [-0.1, -0.05) is 0 Å². The van der Waals surface area contributed by atoms with Crippen LogP contribution in [-0.2, 0) is 10.1 Å². The molecule has 0 amide bonds. The van der Waals surface area contributed by atoms with Crippen LogP contribution in [0, 0.1) is 29.6 Å². The summed E-state index contributed by atoms with van der Waals surface area (Å²) in [6.07, 6.45) is 8.33. The van der Waals surface area contributed by atoms with Crippen LogP contribution in [0.2, 0.25) is 0 Å². The van der Waals surface area contributed by atoms with Crippen LogP contribution in [0.5, 0.6) is 0 Å². The van der Waals surface area contributed by atoms with Crippen LogP contribution in [0.4, 0.5) is 0 Å². The SMILES string of the molecule is NCC(CCC1C2CC3CC(C2)CC1C3)S(=O)(=O)O. The zero-order valence-electron chi connectivity index (χ0n) is 11.4. The fraction of sp³-hybridized carbons (Fsp3) is 1.00. The molecule has 3 N–H and O–H groups in total. The van der Waals surface area contributed by atoms with Gasteiger partial charge >= 0.3 is 0 Å². The molecule has 110 valence electrons. The van der Waals surface area contributed by atoms with Crippen molar-refractivity contribution in [2.45, 2.75) is 50.2 Å². The Morgan fingerprint density at radius 2 is 1.58 bits per heavy atom. The average Bonchev–Trinajstić information content (AvgIpc) is 2.30. The average molecular weight is 287 g/mol. The summed E-state index contributed by atoms with van der Waals surface area (Å²) in [5.41, 5.74) is 5.48. The van der Waals surface area contributed by atoms with Crippen LogP contribution < -0.4 is 5.73 Å². The summed E-state index contributed by atoms with van der Waals surface area (Å²) in [5, 5.41) is -0.760. The highest BCUT2D eigenvalue weighted by molar-refractivity contribution is 7.86. The van der Waals surface area contributed by atoms with Gasteiger partial charge in [0.2, 0.25) is 0 Å².